The fourth-order valence-corrected chi connectivity index (χ4v) is 3.33. The first-order chi connectivity index (χ1) is 8.58. The second kappa shape index (κ2) is 7.98. The molecule has 3 heteroatoms. The number of hydrogen-bond donors (Lipinski definition) is 2. The molecule has 1 fully saturated rings. The smallest absolute Gasteiger partial charge is 0.166 e. The molecule has 1 aliphatic carbocycles. The van der Waals surface area contributed by atoms with Crippen LogP contribution in [0.4, 0.5) is 0 Å². The van der Waals surface area contributed by atoms with Crippen LogP contribution in [0.1, 0.15) is 65.7 Å². The van der Waals surface area contributed by atoms with Crippen molar-refractivity contribution in [3.63, 3.8) is 0 Å². The lowest BCUT2D eigenvalue weighted by atomic mass is 9.78. The van der Waals surface area contributed by atoms with Crippen molar-refractivity contribution in [1.29, 1.82) is 0 Å². The van der Waals surface area contributed by atoms with Crippen LogP contribution in [-0.4, -0.2) is 18.2 Å². The van der Waals surface area contributed by atoms with Gasteiger partial charge < -0.3 is 10.6 Å². The second-order valence-corrected chi connectivity index (χ2v) is 6.68. The molecule has 1 saturated carbocycles. The van der Waals surface area contributed by atoms with Gasteiger partial charge >= 0.3 is 0 Å². The third-order valence-corrected chi connectivity index (χ3v) is 4.23. The lowest BCUT2D eigenvalue weighted by molar-refractivity contribution is 0.235. The van der Waals surface area contributed by atoms with Crippen LogP contribution < -0.4 is 10.6 Å². The van der Waals surface area contributed by atoms with E-state index in [4.69, 9.17) is 12.2 Å². The number of nitrogens with one attached hydrogen (secondary N) is 2. The van der Waals surface area contributed by atoms with Gasteiger partial charge in [-0.1, -0.05) is 40.0 Å². The Labute approximate surface area is 118 Å². The Kier molecular flexibility index (Phi) is 6.98. The van der Waals surface area contributed by atoms with Crippen LogP contribution in [0.3, 0.4) is 0 Å². The van der Waals surface area contributed by atoms with Gasteiger partial charge in [0, 0.05) is 13.1 Å². The van der Waals surface area contributed by atoms with E-state index in [9.17, 15) is 0 Å². The van der Waals surface area contributed by atoms with Crippen molar-refractivity contribution in [2.45, 2.75) is 65.7 Å². The van der Waals surface area contributed by atoms with Crippen LogP contribution >= 0.6 is 12.2 Å². The molecule has 106 valence electrons. The largest absolute Gasteiger partial charge is 0.363 e. The van der Waals surface area contributed by atoms with Crippen LogP contribution in [-0.2, 0) is 0 Å². The summed E-state index contributed by atoms with van der Waals surface area (Å²) in [6, 6.07) is 0. The molecule has 0 spiro atoms. The molecular formula is C15H30N2S. The maximum Gasteiger partial charge on any atom is 0.166 e. The molecule has 2 N–H and O–H groups in total. The molecule has 0 aromatic rings. The van der Waals surface area contributed by atoms with Crippen molar-refractivity contribution in [2.75, 3.05) is 13.1 Å². The van der Waals surface area contributed by atoms with Crippen LogP contribution in [0.5, 0.6) is 0 Å². The summed E-state index contributed by atoms with van der Waals surface area (Å²) in [5, 5.41) is 7.59. The molecule has 0 saturated heterocycles. The van der Waals surface area contributed by atoms with E-state index in [1.165, 1.54) is 44.9 Å². The Hall–Kier alpha value is -0.310. The van der Waals surface area contributed by atoms with Crippen molar-refractivity contribution >= 4 is 17.3 Å². The topological polar surface area (TPSA) is 24.1 Å². The zero-order valence-electron chi connectivity index (χ0n) is 12.3. The van der Waals surface area contributed by atoms with Gasteiger partial charge in [-0.2, -0.15) is 0 Å². The number of rotatable bonds is 7. The van der Waals surface area contributed by atoms with E-state index >= 15 is 0 Å². The zero-order chi connectivity index (χ0) is 13.4. The van der Waals surface area contributed by atoms with Gasteiger partial charge in [0.05, 0.1) is 0 Å². The highest BCUT2D eigenvalue weighted by atomic mass is 32.1. The fourth-order valence-electron chi connectivity index (χ4n) is 3.15. The molecule has 0 heterocycles. The van der Waals surface area contributed by atoms with Crippen LogP contribution in [0.25, 0.3) is 0 Å². The van der Waals surface area contributed by atoms with Crippen molar-refractivity contribution in [1.82, 2.24) is 10.6 Å². The Bertz CT molecular complexity index is 245. The van der Waals surface area contributed by atoms with Gasteiger partial charge in [0.15, 0.2) is 5.11 Å². The molecule has 1 aliphatic rings. The molecule has 0 atom stereocenters. The molecule has 0 unspecified atom stereocenters. The Morgan fingerprint density at radius 2 is 1.89 bits per heavy atom. The number of unbranched alkanes of at least 4 members (excludes halogenated alkanes) is 1. The highest BCUT2D eigenvalue weighted by Gasteiger charge is 2.34. The van der Waals surface area contributed by atoms with Gasteiger partial charge in [-0.3, -0.25) is 0 Å². The van der Waals surface area contributed by atoms with Crippen LogP contribution in [0.2, 0.25) is 0 Å². The minimum absolute atomic E-state index is 0.505. The van der Waals surface area contributed by atoms with Crippen molar-refractivity contribution in [3.05, 3.63) is 0 Å². The summed E-state index contributed by atoms with van der Waals surface area (Å²) in [4.78, 5) is 0. The third-order valence-electron chi connectivity index (χ3n) is 3.95. The van der Waals surface area contributed by atoms with Crippen molar-refractivity contribution in [3.8, 4) is 0 Å². The van der Waals surface area contributed by atoms with Gasteiger partial charge in [0.1, 0.15) is 0 Å². The lowest BCUT2D eigenvalue weighted by Gasteiger charge is -2.31. The number of thiocarbonyl (C=S) groups is 1. The summed E-state index contributed by atoms with van der Waals surface area (Å²) in [6.45, 7) is 8.92. The normalized spacial score (nSPS) is 18.0. The van der Waals surface area contributed by atoms with Crippen molar-refractivity contribution < 1.29 is 0 Å². The molecule has 0 aromatic carbocycles. The molecule has 0 amide bonds. The molecule has 0 aliphatic heterocycles. The lowest BCUT2D eigenvalue weighted by Crippen LogP contribution is -2.42. The van der Waals surface area contributed by atoms with Gasteiger partial charge in [-0.15, -0.1) is 0 Å². The third kappa shape index (κ3) is 5.55. The summed E-state index contributed by atoms with van der Waals surface area (Å²) in [5.74, 6) is 0.784. The van der Waals surface area contributed by atoms with E-state index in [2.05, 4.69) is 31.4 Å². The maximum atomic E-state index is 5.34. The standard InChI is InChI=1S/C15H30N2S/c1-4-5-10-16-14(18)17-12-15(11-13(2)3)8-6-7-9-15/h13H,4-12H2,1-3H3,(H2,16,17,18). The molecule has 0 bridgehead atoms. The van der Waals surface area contributed by atoms with Gasteiger partial charge in [-0.05, 0) is 49.2 Å². The van der Waals surface area contributed by atoms with Gasteiger partial charge in [-0.25, -0.2) is 0 Å². The fraction of sp³-hybridized carbons (Fsp3) is 0.933. The summed E-state index contributed by atoms with van der Waals surface area (Å²) in [5.41, 5.74) is 0.505. The molecule has 2 nitrogen and oxygen atoms in total. The average Bonchev–Trinajstić information content (AvgIpc) is 2.75. The number of hydrogen-bond acceptors (Lipinski definition) is 1. The predicted molar refractivity (Wildman–Crippen MR) is 83.9 cm³/mol. The summed E-state index contributed by atoms with van der Waals surface area (Å²) in [6.07, 6.45) is 9.27. The first-order valence-corrected chi connectivity index (χ1v) is 8.00. The van der Waals surface area contributed by atoms with Crippen LogP contribution in [0.15, 0.2) is 0 Å². The van der Waals surface area contributed by atoms with E-state index in [1.54, 1.807) is 0 Å². The summed E-state index contributed by atoms with van der Waals surface area (Å²) in [7, 11) is 0. The molecule has 18 heavy (non-hydrogen) atoms. The first kappa shape index (κ1) is 15.7. The average molecular weight is 270 g/mol. The van der Waals surface area contributed by atoms with Gasteiger partial charge in [0.2, 0.25) is 0 Å². The van der Waals surface area contributed by atoms with E-state index in [1.807, 2.05) is 0 Å². The Morgan fingerprint density at radius 1 is 1.22 bits per heavy atom. The first-order valence-electron chi connectivity index (χ1n) is 7.60. The van der Waals surface area contributed by atoms with E-state index in [-0.39, 0.29) is 0 Å². The SMILES string of the molecule is CCCCNC(=S)NCC1(CC(C)C)CCCC1. The maximum absolute atomic E-state index is 5.34. The molecule has 0 radical (unpaired) electrons. The van der Waals surface area contributed by atoms with Crippen molar-refractivity contribution in [2.24, 2.45) is 11.3 Å². The Morgan fingerprint density at radius 3 is 2.44 bits per heavy atom. The predicted octanol–water partition coefficient (Wildman–Crippen LogP) is 3.86. The molecule has 1 rings (SSSR count). The van der Waals surface area contributed by atoms with E-state index in [0.29, 0.717) is 5.41 Å². The van der Waals surface area contributed by atoms with E-state index < -0.39 is 0 Å². The molecular weight excluding hydrogens is 240 g/mol. The minimum Gasteiger partial charge on any atom is -0.363 e. The second-order valence-electron chi connectivity index (χ2n) is 6.27. The van der Waals surface area contributed by atoms with E-state index in [0.717, 1.165) is 24.1 Å². The highest BCUT2D eigenvalue weighted by Crippen LogP contribution is 2.42. The van der Waals surface area contributed by atoms with Crippen LogP contribution in [0, 0.1) is 11.3 Å². The minimum atomic E-state index is 0.505. The Balaban J connectivity index is 2.31. The molecule has 0 aromatic heterocycles. The summed E-state index contributed by atoms with van der Waals surface area (Å²) >= 11 is 5.34. The quantitative estimate of drug-likeness (QED) is 0.543. The zero-order valence-corrected chi connectivity index (χ0v) is 13.2. The summed E-state index contributed by atoms with van der Waals surface area (Å²) < 4.78 is 0. The van der Waals surface area contributed by atoms with Gasteiger partial charge in [0.25, 0.3) is 0 Å². The monoisotopic (exact) mass is 270 g/mol. The highest BCUT2D eigenvalue weighted by molar-refractivity contribution is 7.80.